The summed E-state index contributed by atoms with van der Waals surface area (Å²) >= 11 is 11.9. The Kier molecular flexibility index (Phi) is 3.51. The molecule has 1 saturated heterocycles. The Bertz CT molecular complexity index is 863. The van der Waals surface area contributed by atoms with Gasteiger partial charge < -0.3 is 15.3 Å². The third-order valence-corrected chi connectivity index (χ3v) is 5.14. The van der Waals surface area contributed by atoms with Crippen LogP contribution >= 0.6 is 23.2 Å². The predicted molar refractivity (Wildman–Crippen MR) is 88.3 cm³/mol. The van der Waals surface area contributed by atoms with Gasteiger partial charge in [-0.3, -0.25) is 4.79 Å². The number of pyridine rings is 2. The van der Waals surface area contributed by atoms with Gasteiger partial charge in [-0.1, -0.05) is 23.2 Å². The summed E-state index contributed by atoms with van der Waals surface area (Å²) in [5.41, 5.74) is 0. The van der Waals surface area contributed by atoms with Crippen LogP contribution in [-0.2, 0) is 4.79 Å². The molecule has 1 aliphatic carbocycles. The smallest absolute Gasteiger partial charge is 0.407 e. The van der Waals surface area contributed by atoms with Crippen LogP contribution in [0.4, 0.5) is 10.6 Å². The molecule has 2 aromatic heterocycles. The number of hydrogen-bond donors (Lipinski definition) is 2. The monoisotopic (exact) mass is 366 g/mol. The maximum absolute atomic E-state index is 12.4. The number of piperidine rings is 1. The normalized spacial score (nSPS) is 24.8. The number of nitrogens with one attached hydrogen (secondary N) is 1. The van der Waals surface area contributed by atoms with Crippen molar-refractivity contribution in [2.45, 2.75) is 0 Å². The maximum atomic E-state index is 12.4. The Hall–Kier alpha value is -2.12. The standard InChI is InChI=1S/C15H12Cl2N4O3/c16-10-1-6-2-11(18-3-7(6)13(17)19-10)20-14(22)12-8-4-21(15(23)24)5-9(8)12/h1-3,8-9,12H,4-5H2,(H,23,24)(H,18,20,22)/t8-,9+,12?. The minimum absolute atomic E-state index is 0.106. The number of carbonyl (C=O) groups excluding carboxylic acids is 1. The number of carbonyl (C=O) groups is 2. The van der Waals surface area contributed by atoms with E-state index in [1.54, 1.807) is 12.1 Å². The highest BCUT2D eigenvalue weighted by Crippen LogP contribution is 2.52. The molecule has 24 heavy (non-hydrogen) atoms. The van der Waals surface area contributed by atoms with E-state index in [1.165, 1.54) is 11.1 Å². The third kappa shape index (κ3) is 2.53. The summed E-state index contributed by atoms with van der Waals surface area (Å²) in [6.45, 7) is 0.834. The molecule has 124 valence electrons. The van der Waals surface area contributed by atoms with Gasteiger partial charge in [-0.15, -0.1) is 0 Å². The number of nitrogens with zero attached hydrogens (tertiary/aromatic N) is 3. The number of hydrogen-bond acceptors (Lipinski definition) is 4. The average molecular weight is 367 g/mol. The fourth-order valence-corrected chi connectivity index (χ4v) is 3.92. The van der Waals surface area contributed by atoms with Gasteiger partial charge in [0.2, 0.25) is 5.91 Å². The predicted octanol–water partition coefficient (Wildman–Crippen LogP) is 2.73. The molecule has 0 spiro atoms. The van der Waals surface area contributed by atoms with Gasteiger partial charge in [-0.2, -0.15) is 0 Å². The summed E-state index contributed by atoms with van der Waals surface area (Å²) in [5.74, 6) is 0.339. The van der Waals surface area contributed by atoms with Gasteiger partial charge in [0.05, 0.1) is 0 Å². The van der Waals surface area contributed by atoms with E-state index in [0.29, 0.717) is 24.3 Å². The van der Waals surface area contributed by atoms with Gasteiger partial charge in [0, 0.05) is 30.6 Å². The van der Waals surface area contributed by atoms with Crippen LogP contribution in [0.15, 0.2) is 18.3 Å². The van der Waals surface area contributed by atoms with Gasteiger partial charge in [0.25, 0.3) is 0 Å². The molecule has 3 heterocycles. The number of carboxylic acid groups (broad SMARTS) is 1. The second kappa shape index (κ2) is 5.46. The number of anilines is 1. The lowest BCUT2D eigenvalue weighted by Crippen LogP contribution is -2.32. The van der Waals surface area contributed by atoms with Crippen molar-refractivity contribution in [3.8, 4) is 0 Å². The summed E-state index contributed by atoms with van der Waals surface area (Å²) < 4.78 is 0. The lowest BCUT2D eigenvalue weighted by Gasteiger charge is -2.15. The van der Waals surface area contributed by atoms with Crippen LogP contribution in [0.5, 0.6) is 0 Å². The first-order chi connectivity index (χ1) is 11.4. The zero-order valence-corrected chi connectivity index (χ0v) is 13.8. The molecule has 7 nitrogen and oxygen atoms in total. The van der Waals surface area contributed by atoms with Crippen molar-refractivity contribution in [2.24, 2.45) is 17.8 Å². The fourth-order valence-electron chi connectivity index (χ4n) is 3.43. The molecule has 1 unspecified atom stereocenters. The maximum Gasteiger partial charge on any atom is 0.407 e. The average Bonchev–Trinajstić information content (AvgIpc) is 3.01. The van der Waals surface area contributed by atoms with Crippen LogP contribution in [0.1, 0.15) is 0 Å². The molecule has 9 heteroatoms. The van der Waals surface area contributed by atoms with E-state index >= 15 is 0 Å². The van der Waals surface area contributed by atoms with Crippen molar-refractivity contribution in [1.29, 1.82) is 0 Å². The van der Waals surface area contributed by atoms with Crippen molar-refractivity contribution in [2.75, 3.05) is 18.4 Å². The SMILES string of the molecule is O=C(Nc1cc2cc(Cl)nc(Cl)c2cn1)C1[C@H]2CN(C(=O)O)C[C@@H]12. The fraction of sp³-hybridized carbons (Fsp3) is 0.333. The molecule has 4 rings (SSSR count). The van der Waals surface area contributed by atoms with Crippen molar-refractivity contribution in [3.63, 3.8) is 0 Å². The Morgan fingerprint density at radius 3 is 2.62 bits per heavy atom. The van der Waals surface area contributed by atoms with Crippen molar-refractivity contribution in [3.05, 3.63) is 28.6 Å². The minimum Gasteiger partial charge on any atom is -0.465 e. The highest BCUT2D eigenvalue weighted by molar-refractivity contribution is 6.36. The van der Waals surface area contributed by atoms with Gasteiger partial charge >= 0.3 is 6.09 Å². The lowest BCUT2D eigenvalue weighted by atomic mass is 10.2. The topological polar surface area (TPSA) is 95.4 Å². The van der Waals surface area contributed by atoms with Crippen LogP contribution in [0, 0.1) is 17.8 Å². The van der Waals surface area contributed by atoms with Gasteiger partial charge in [0.1, 0.15) is 16.1 Å². The molecule has 0 aromatic carbocycles. The Balaban J connectivity index is 1.48. The first-order valence-electron chi connectivity index (χ1n) is 7.34. The van der Waals surface area contributed by atoms with Crippen LogP contribution in [-0.4, -0.2) is 45.1 Å². The lowest BCUT2D eigenvalue weighted by molar-refractivity contribution is -0.118. The Labute approximate surface area is 146 Å². The minimum atomic E-state index is -0.931. The summed E-state index contributed by atoms with van der Waals surface area (Å²) in [4.78, 5) is 32.7. The molecule has 1 saturated carbocycles. The van der Waals surface area contributed by atoms with E-state index < -0.39 is 6.09 Å². The number of likely N-dealkylation sites (tertiary alicyclic amines) is 1. The second-order valence-electron chi connectivity index (χ2n) is 6.06. The van der Waals surface area contributed by atoms with E-state index in [1.807, 2.05) is 0 Å². The van der Waals surface area contributed by atoms with E-state index in [0.717, 1.165) is 5.39 Å². The molecular formula is C15H12Cl2N4O3. The summed E-state index contributed by atoms with van der Waals surface area (Å²) in [6, 6.07) is 3.34. The van der Waals surface area contributed by atoms with Crippen LogP contribution in [0.25, 0.3) is 10.8 Å². The molecule has 2 aliphatic rings. The van der Waals surface area contributed by atoms with E-state index in [9.17, 15) is 9.59 Å². The van der Waals surface area contributed by atoms with Crippen molar-refractivity contribution >= 4 is 51.8 Å². The van der Waals surface area contributed by atoms with Gasteiger partial charge in [-0.25, -0.2) is 14.8 Å². The molecule has 2 N–H and O–H groups in total. The molecule has 1 aliphatic heterocycles. The number of fused-ring (bicyclic) bond motifs is 2. The molecular weight excluding hydrogens is 355 g/mol. The van der Waals surface area contributed by atoms with Gasteiger partial charge in [-0.05, 0) is 29.4 Å². The largest absolute Gasteiger partial charge is 0.465 e. The number of rotatable bonds is 2. The summed E-state index contributed by atoms with van der Waals surface area (Å²) in [7, 11) is 0. The summed E-state index contributed by atoms with van der Waals surface area (Å²) in [5, 5.41) is 13.6. The molecule has 0 bridgehead atoms. The van der Waals surface area contributed by atoms with E-state index in [-0.39, 0.29) is 34.0 Å². The highest BCUT2D eigenvalue weighted by Gasteiger charge is 2.60. The Morgan fingerprint density at radius 2 is 1.96 bits per heavy atom. The van der Waals surface area contributed by atoms with E-state index in [2.05, 4.69) is 15.3 Å². The number of aromatic nitrogens is 2. The third-order valence-electron chi connectivity index (χ3n) is 4.66. The first-order valence-corrected chi connectivity index (χ1v) is 8.10. The second-order valence-corrected chi connectivity index (χ2v) is 6.80. The molecule has 2 amide bonds. The Morgan fingerprint density at radius 1 is 1.25 bits per heavy atom. The quantitative estimate of drug-likeness (QED) is 0.796. The molecule has 0 radical (unpaired) electrons. The van der Waals surface area contributed by atoms with E-state index in [4.69, 9.17) is 28.3 Å². The number of amides is 2. The van der Waals surface area contributed by atoms with Crippen molar-refractivity contribution in [1.82, 2.24) is 14.9 Å². The zero-order chi connectivity index (χ0) is 17.0. The zero-order valence-electron chi connectivity index (χ0n) is 12.2. The van der Waals surface area contributed by atoms with Gasteiger partial charge in [0.15, 0.2) is 0 Å². The highest BCUT2D eigenvalue weighted by atomic mass is 35.5. The van der Waals surface area contributed by atoms with Crippen LogP contribution < -0.4 is 5.32 Å². The number of halogens is 2. The van der Waals surface area contributed by atoms with Crippen LogP contribution in [0.2, 0.25) is 10.3 Å². The van der Waals surface area contributed by atoms with Crippen molar-refractivity contribution < 1.29 is 14.7 Å². The molecule has 3 atom stereocenters. The molecule has 2 aromatic rings. The first kappa shape index (κ1) is 15.4. The van der Waals surface area contributed by atoms with Crippen LogP contribution in [0.3, 0.4) is 0 Å². The molecule has 2 fully saturated rings. The summed E-state index contributed by atoms with van der Waals surface area (Å²) in [6.07, 6.45) is 0.608.